The number of aliphatic hydroxyl groups excluding tert-OH is 1. The van der Waals surface area contributed by atoms with Gasteiger partial charge in [0.15, 0.2) is 0 Å². The SMILES string of the molecule is CC(C)CCN(c1cc(CO)cc(C(C)(C)C)n1)C1CC1. The average molecular weight is 290 g/mol. The molecule has 1 saturated carbocycles. The lowest BCUT2D eigenvalue weighted by Gasteiger charge is -2.27. The van der Waals surface area contributed by atoms with Gasteiger partial charge >= 0.3 is 0 Å². The number of rotatable bonds is 6. The van der Waals surface area contributed by atoms with Gasteiger partial charge in [-0.25, -0.2) is 4.98 Å². The van der Waals surface area contributed by atoms with Crippen molar-refractivity contribution in [3.05, 3.63) is 23.4 Å². The predicted molar refractivity (Wildman–Crippen MR) is 88.7 cm³/mol. The van der Waals surface area contributed by atoms with E-state index in [2.05, 4.69) is 45.6 Å². The van der Waals surface area contributed by atoms with E-state index in [1.807, 2.05) is 6.07 Å². The quantitative estimate of drug-likeness (QED) is 0.863. The highest BCUT2D eigenvalue weighted by atomic mass is 16.3. The van der Waals surface area contributed by atoms with Crippen LogP contribution in [0.15, 0.2) is 12.1 Å². The van der Waals surface area contributed by atoms with Crippen molar-refractivity contribution in [2.45, 2.75) is 71.9 Å². The Hall–Kier alpha value is -1.09. The van der Waals surface area contributed by atoms with Crippen LogP contribution in [0, 0.1) is 5.92 Å². The van der Waals surface area contributed by atoms with Crippen molar-refractivity contribution in [3.8, 4) is 0 Å². The van der Waals surface area contributed by atoms with Crippen LogP contribution in [0.5, 0.6) is 0 Å². The van der Waals surface area contributed by atoms with Crippen molar-refractivity contribution in [2.24, 2.45) is 5.92 Å². The van der Waals surface area contributed by atoms with Gasteiger partial charge in [0.25, 0.3) is 0 Å². The van der Waals surface area contributed by atoms with E-state index in [0.29, 0.717) is 12.0 Å². The Morgan fingerprint density at radius 2 is 1.95 bits per heavy atom. The zero-order valence-corrected chi connectivity index (χ0v) is 14.2. The summed E-state index contributed by atoms with van der Waals surface area (Å²) in [6.07, 6.45) is 3.73. The molecule has 1 N–H and O–H groups in total. The molecule has 1 aliphatic rings. The van der Waals surface area contributed by atoms with Crippen molar-refractivity contribution >= 4 is 5.82 Å². The van der Waals surface area contributed by atoms with E-state index in [1.165, 1.54) is 19.3 Å². The molecule has 3 nitrogen and oxygen atoms in total. The molecule has 1 aromatic rings. The Kier molecular flexibility index (Phi) is 4.92. The van der Waals surface area contributed by atoms with E-state index in [1.54, 1.807) is 0 Å². The van der Waals surface area contributed by atoms with Gasteiger partial charge in [-0.1, -0.05) is 34.6 Å². The number of hydrogen-bond acceptors (Lipinski definition) is 3. The lowest BCUT2D eigenvalue weighted by molar-refractivity contribution is 0.281. The molecule has 0 amide bonds. The Morgan fingerprint density at radius 1 is 1.29 bits per heavy atom. The van der Waals surface area contributed by atoms with Crippen molar-refractivity contribution in [3.63, 3.8) is 0 Å². The van der Waals surface area contributed by atoms with Crippen molar-refractivity contribution in [1.82, 2.24) is 4.98 Å². The second-order valence-corrected chi connectivity index (χ2v) is 7.73. The van der Waals surface area contributed by atoms with Crippen LogP contribution >= 0.6 is 0 Å². The molecule has 1 fully saturated rings. The summed E-state index contributed by atoms with van der Waals surface area (Å²) in [6, 6.07) is 4.75. The summed E-state index contributed by atoms with van der Waals surface area (Å²) < 4.78 is 0. The van der Waals surface area contributed by atoms with Gasteiger partial charge in [-0.15, -0.1) is 0 Å². The fraction of sp³-hybridized carbons (Fsp3) is 0.722. The third-order valence-electron chi connectivity index (χ3n) is 4.05. The smallest absolute Gasteiger partial charge is 0.129 e. The van der Waals surface area contributed by atoms with Crippen LogP contribution < -0.4 is 4.90 Å². The maximum absolute atomic E-state index is 9.56. The summed E-state index contributed by atoms with van der Waals surface area (Å²) >= 11 is 0. The first-order valence-corrected chi connectivity index (χ1v) is 8.20. The molecule has 0 atom stereocenters. The predicted octanol–water partition coefficient (Wildman–Crippen LogP) is 3.89. The molecule has 21 heavy (non-hydrogen) atoms. The maximum atomic E-state index is 9.56. The number of aliphatic hydroxyl groups is 1. The zero-order valence-electron chi connectivity index (χ0n) is 14.2. The fourth-order valence-electron chi connectivity index (χ4n) is 2.46. The second kappa shape index (κ2) is 6.35. The van der Waals surface area contributed by atoms with Crippen molar-refractivity contribution < 1.29 is 5.11 Å². The minimum atomic E-state index is 0.00714. The Morgan fingerprint density at radius 3 is 2.43 bits per heavy atom. The van der Waals surface area contributed by atoms with Gasteiger partial charge < -0.3 is 10.0 Å². The molecule has 1 aromatic heterocycles. The number of pyridine rings is 1. The summed E-state index contributed by atoms with van der Waals surface area (Å²) in [5.74, 6) is 1.75. The van der Waals surface area contributed by atoms with Gasteiger partial charge in [-0.05, 0) is 42.9 Å². The molecule has 1 aliphatic carbocycles. The van der Waals surface area contributed by atoms with Crippen molar-refractivity contribution in [2.75, 3.05) is 11.4 Å². The molecule has 0 aromatic carbocycles. The van der Waals surface area contributed by atoms with Crippen LogP contribution in [0.25, 0.3) is 0 Å². The molecule has 0 aliphatic heterocycles. The Labute approximate surface area is 129 Å². The van der Waals surface area contributed by atoms with Crippen LogP contribution in [0.1, 0.15) is 65.1 Å². The highest BCUT2D eigenvalue weighted by Crippen LogP contribution is 2.33. The Bertz CT molecular complexity index is 473. The molecule has 1 heterocycles. The fourth-order valence-corrected chi connectivity index (χ4v) is 2.46. The van der Waals surface area contributed by atoms with E-state index in [4.69, 9.17) is 4.98 Å². The molecular weight excluding hydrogens is 260 g/mol. The van der Waals surface area contributed by atoms with Gasteiger partial charge in [-0.3, -0.25) is 0 Å². The first-order chi connectivity index (χ1) is 9.81. The lowest BCUT2D eigenvalue weighted by atomic mass is 9.91. The van der Waals surface area contributed by atoms with Crippen LogP contribution in [-0.2, 0) is 12.0 Å². The zero-order chi connectivity index (χ0) is 15.6. The summed E-state index contributed by atoms with van der Waals surface area (Å²) in [7, 11) is 0. The number of nitrogens with zero attached hydrogens (tertiary/aromatic N) is 2. The van der Waals surface area contributed by atoms with Crippen LogP contribution in [0.3, 0.4) is 0 Å². The molecule has 0 radical (unpaired) electrons. The summed E-state index contributed by atoms with van der Waals surface area (Å²) in [4.78, 5) is 7.36. The van der Waals surface area contributed by atoms with Gasteiger partial charge in [-0.2, -0.15) is 0 Å². The van der Waals surface area contributed by atoms with Crippen LogP contribution in [0.4, 0.5) is 5.82 Å². The Balaban J connectivity index is 2.30. The summed E-state index contributed by atoms with van der Waals surface area (Å²) in [5.41, 5.74) is 2.05. The van der Waals surface area contributed by atoms with E-state index < -0.39 is 0 Å². The molecule has 0 bridgehead atoms. The second-order valence-electron chi connectivity index (χ2n) is 7.73. The summed E-state index contributed by atoms with van der Waals surface area (Å²) in [6.45, 7) is 12.2. The standard InChI is InChI=1S/C18H30N2O/c1-13(2)8-9-20(15-6-7-15)17-11-14(12-21)10-16(19-17)18(3,4)5/h10-11,13,15,21H,6-9,12H2,1-5H3. The van der Waals surface area contributed by atoms with E-state index in [-0.39, 0.29) is 12.0 Å². The topological polar surface area (TPSA) is 36.4 Å². The van der Waals surface area contributed by atoms with Gasteiger partial charge in [0.1, 0.15) is 5.82 Å². The van der Waals surface area contributed by atoms with Gasteiger partial charge in [0, 0.05) is 23.7 Å². The third kappa shape index (κ3) is 4.44. The minimum absolute atomic E-state index is 0.00714. The van der Waals surface area contributed by atoms with E-state index in [9.17, 15) is 5.11 Å². The molecule has 3 heteroatoms. The molecule has 2 rings (SSSR count). The van der Waals surface area contributed by atoms with Crippen LogP contribution in [0.2, 0.25) is 0 Å². The molecular formula is C18H30N2O. The number of hydrogen-bond donors (Lipinski definition) is 1. The monoisotopic (exact) mass is 290 g/mol. The largest absolute Gasteiger partial charge is 0.392 e. The molecule has 0 unspecified atom stereocenters. The first-order valence-electron chi connectivity index (χ1n) is 8.20. The average Bonchev–Trinajstić information content (AvgIpc) is 3.22. The van der Waals surface area contributed by atoms with Gasteiger partial charge in [0.05, 0.1) is 6.61 Å². The normalized spacial score (nSPS) is 15.6. The minimum Gasteiger partial charge on any atom is -0.392 e. The number of aromatic nitrogens is 1. The number of anilines is 1. The van der Waals surface area contributed by atoms with E-state index in [0.717, 1.165) is 23.6 Å². The lowest BCUT2D eigenvalue weighted by Crippen LogP contribution is -2.29. The van der Waals surface area contributed by atoms with Gasteiger partial charge in [0.2, 0.25) is 0 Å². The first kappa shape index (κ1) is 16.3. The maximum Gasteiger partial charge on any atom is 0.129 e. The van der Waals surface area contributed by atoms with Crippen LogP contribution in [-0.4, -0.2) is 22.7 Å². The molecule has 0 spiro atoms. The summed E-state index contributed by atoms with van der Waals surface area (Å²) in [5, 5.41) is 9.56. The third-order valence-corrected chi connectivity index (χ3v) is 4.05. The molecule has 118 valence electrons. The highest BCUT2D eigenvalue weighted by molar-refractivity contribution is 5.46. The van der Waals surface area contributed by atoms with Crippen molar-refractivity contribution in [1.29, 1.82) is 0 Å². The van der Waals surface area contributed by atoms with E-state index >= 15 is 0 Å². The molecule has 0 saturated heterocycles. The highest BCUT2D eigenvalue weighted by Gasteiger charge is 2.30.